The minimum absolute atomic E-state index is 0.0724. The van der Waals surface area contributed by atoms with Gasteiger partial charge in [-0.15, -0.1) is 11.8 Å². The quantitative estimate of drug-likeness (QED) is 0.858. The van der Waals surface area contributed by atoms with Crippen LogP contribution in [0, 0.1) is 0 Å². The van der Waals surface area contributed by atoms with Gasteiger partial charge in [-0.25, -0.2) is 0 Å². The molecule has 0 fully saturated rings. The van der Waals surface area contributed by atoms with Gasteiger partial charge in [-0.3, -0.25) is 4.79 Å². The number of amides is 1. The van der Waals surface area contributed by atoms with Gasteiger partial charge in [0.2, 0.25) is 5.91 Å². The van der Waals surface area contributed by atoms with Gasteiger partial charge in [0.15, 0.2) is 0 Å². The maximum atomic E-state index is 11.4. The predicted molar refractivity (Wildman–Crippen MR) is 71.2 cm³/mol. The fourth-order valence-corrected chi connectivity index (χ4v) is 3.15. The molecule has 92 valence electrons. The summed E-state index contributed by atoms with van der Waals surface area (Å²) in [6, 6.07) is 8.75. The number of carbonyl (C=O) groups excluding carboxylic acids is 1. The summed E-state index contributed by atoms with van der Waals surface area (Å²) in [4.78, 5) is 12.8. The van der Waals surface area contributed by atoms with E-state index in [1.165, 1.54) is 10.5 Å². The maximum absolute atomic E-state index is 11.4. The molecule has 1 aromatic carbocycles. The highest BCUT2D eigenvalue weighted by atomic mass is 32.2. The Labute approximate surface area is 106 Å². The van der Waals surface area contributed by atoms with Crippen molar-refractivity contribution in [3.63, 3.8) is 0 Å². The second-order valence-corrected chi connectivity index (χ2v) is 5.20. The molecule has 17 heavy (non-hydrogen) atoms. The zero-order valence-corrected chi connectivity index (χ0v) is 10.8. The summed E-state index contributed by atoms with van der Waals surface area (Å²) < 4.78 is 0. The van der Waals surface area contributed by atoms with Crippen LogP contribution >= 0.6 is 11.8 Å². The van der Waals surface area contributed by atoms with Crippen LogP contribution < -0.4 is 10.6 Å². The Morgan fingerprint density at radius 1 is 1.47 bits per heavy atom. The van der Waals surface area contributed by atoms with Crippen LogP contribution in [0.15, 0.2) is 29.2 Å². The SMILES string of the molecule is CCNC(=O)CNC1CCSc2ccccc21. The average Bonchev–Trinajstić information content (AvgIpc) is 2.36. The first-order valence-electron chi connectivity index (χ1n) is 6.03. The lowest BCUT2D eigenvalue weighted by molar-refractivity contribution is -0.120. The monoisotopic (exact) mass is 250 g/mol. The fourth-order valence-electron chi connectivity index (χ4n) is 2.03. The summed E-state index contributed by atoms with van der Waals surface area (Å²) in [5.74, 6) is 1.19. The van der Waals surface area contributed by atoms with Crippen molar-refractivity contribution in [2.24, 2.45) is 0 Å². The number of fused-ring (bicyclic) bond motifs is 1. The molecular formula is C13H18N2OS. The van der Waals surface area contributed by atoms with Crippen molar-refractivity contribution < 1.29 is 4.79 Å². The molecule has 0 bridgehead atoms. The second-order valence-electron chi connectivity index (χ2n) is 4.06. The first-order chi connectivity index (χ1) is 8.31. The van der Waals surface area contributed by atoms with E-state index in [4.69, 9.17) is 0 Å². The van der Waals surface area contributed by atoms with E-state index in [1.54, 1.807) is 0 Å². The Bertz CT molecular complexity index is 395. The Morgan fingerprint density at radius 3 is 3.12 bits per heavy atom. The molecule has 0 radical (unpaired) electrons. The second kappa shape index (κ2) is 6.07. The van der Waals surface area contributed by atoms with E-state index in [0.29, 0.717) is 19.1 Å². The summed E-state index contributed by atoms with van der Waals surface area (Å²) >= 11 is 1.90. The van der Waals surface area contributed by atoms with Crippen LogP contribution in [0.5, 0.6) is 0 Å². The third kappa shape index (κ3) is 3.23. The molecule has 1 aromatic rings. The number of likely N-dealkylation sites (N-methyl/N-ethyl adjacent to an activating group) is 1. The molecule has 2 N–H and O–H groups in total. The fraction of sp³-hybridized carbons (Fsp3) is 0.462. The Kier molecular flexibility index (Phi) is 4.45. The summed E-state index contributed by atoms with van der Waals surface area (Å²) in [6.07, 6.45) is 1.08. The van der Waals surface area contributed by atoms with Gasteiger partial charge in [0, 0.05) is 17.5 Å². The van der Waals surface area contributed by atoms with Gasteiger partial charge in [0.1, 0.15) is 0 Å². The van der Waals surface area contributed by atoms with Crippen molar-refractivity contribution in [1.29, 1.82) is 0 Å². The van der Waals surface area contributed by atoms with Crippen LogP contribution in [-0.2, 0) is 4.79 Å². The molecule has 1 aliphatic rings. The lowest BCUT2D eigenvalue weighted by Crippen LogP contribution is -2.36. The number of benzene rings is 1. The highest BCUT2D eigenvalue weighted by molar-refractivity contribution is 7.99. The van der Waals surface area contributed by atoms with Crippen LogP contribution in [0.4, 0.5) is 0 Å². The lowest BCUT2D eigenvalue weighted by Gasteiger charge is -2.25. The van der Waals surface area contributed by atoms with Crippen LogP contribution in [0.2, 0.25) is 0 Å². The third-order valence-electron chi connectivity index (χ3n) is 2.84. The Balaban J connectivity index is 1.97. The maximum Gasteiger partial charge on any atom is 0.233 e. The summed E-state index contributed by atoms with van der Waals surface area (Å²) in [6.45, 7) is 3.03. The molecule has 0 saturated heterocycles. The first kappa shape index (κ1) is 12.5. The molecule has 0 saturated carbocycles. The average molecular weight is 250 g/mol. The smallest absolute Gasteiger partial charge is 0.233 e. The molecular weight excluding hydrogens is 232 g/mol. The van der Waals surface area contributed by atoms with E-state index < -0.39 is 0 Å². The van der Waals surface area contributed by atoms with E-state index in [0.717, 1.165) is 12.2 Å². The number of thioether (sulfide) groups is 1. The number of carbonyl (C=O) groups is 1. The topological polar surface area (TPSA) is 41.1 Å². The molecule has 1 amide bonds. The van der Waals surface area contributed by atoms with E-state index >= 15 is 0 Å². The Hall–Kier alpha value is -1.00. The first-order valence-corrected chi connectivity index (χ1v) is 7.01. The van der Waals surface area contributed by atoms with Gasteiger partial charge in [0.05, 0.1) is 6.54 Å². The van der Waals surface area contributed by atoms with E-state index in [9.17, 15) is 4.79 Å². The molecule has 1 atom stereocenters. The van der Waals surface area contributed by atoms with Crippen molar-refractivity contribution in [2.45, 2.75) is 24.3 Å². The van der Waals surface area contributed by atoms with Crippen molar-refractivity contribution in [1.82, 2.24) is 10.6 Å². The van der Waals surface area contributed by atoms with Gasteiger partial charge < -0.3 is 10.6 Å². The van der Waals surface area contributed by atoms with Crippen LogP contribution in [0.25, 0.3) is 0 Å². The van der Waals surface area contributed by atoms with Gasteiger partial charge in [-0.1, -0.05) is 18.2 Å². The highest BCUT2D eigenvalue weighted by Gasteiger charge is 2.20. The number of nitrogens with one attached hydrogen (secondary N) is 2. The van der Waals surface area contributed by atoms with Crippen molar-refractivity contribution in [3.8, 4) is 0 Å². The van der Waals surface area contributed by atoms with Crippen molar-refractivity contribution in [3.05, 3.63) is 29.8 Å². The molecule has 4 heteroatoms. The zero-order chi connectivity index (χ0) is 12.1. The van der Waals surface area contributed by atoms with E-state index in [1.807, 2.05) is 18.7 Å². The molecule has 1 heterocycles. The normalized spacial score (nSPS) is 18.5. The van der Waals surface area contributed by atoms with Gasteiger partial charge in [0.25, 0.3) is 0 Å². The number of hydrogen-bond acceptors (Lipinski definition) is 3. The number of hydrogen-bond donors (Lipinski definition) is 2. The number of rotatable bonds is 4. The van der Waals surface area contributed by atoms with Crippen molar-refractivity contribution in [2.75, 3.05) is 18.8 Å². The summed E-state index contributed by atoms with van der Waals surface area (Å²) in [7, 11) is 0. The molecule has 2 rings (SSSR count). The highest BCUT2D eigenvalue weighted by Crippen LogP contribution is 2.35. The van der Waals surface area contributed by atoms with Gasteiger partial charge in [-0.05, 0) is 30.7 Å². The molecule has 0 aromatic heterocycles. The Morgan fingerprint density at radius 2 is 2.29 bits per heavy atom. The lowest BCUT2D eigenvalue weighted by atomic mass is 10.0. The largest absolute Gasteiger partial charge is 0.355 e. The minimum atomic E-state index is 0.0724. The minimum Gasteiger partial charge on any atom is -0.355 e. The molecule has 0 spiro atoms. The standard InChI is InChI=1S/C13H18N2OS/c1-2-14-13(16)9-15-11-7-8-17-12-6-4-3-5-10(11)12/h3-6,11,15H,2,7-9H2,1H3,(H,14,16). The summed E-state index contributed by atoms with van der Waals surface area (Å²) in [5, 5.41) is 6.14. The molecule has 3 nitrogen and oxygen atoms in total. The zero-order valence-electron chi connectivity index (χ0n) is 10.0. The van der Waals surface area contributed by atoms with Crippen molar-refractivity contribution >= 4 is 17.7 Å². The molecule has 1 aliphatic heterocycles. The van der Waals surface area contributed by atoms with Gasteiger partial charge in [-0.2, -0.15) is 0 Å². The molecule has 0 aliphatic carbocycles. The molecule has 1 unspecified atom stereocenters. The van der Waals surface area contributed by atoms with Crippen LogP contribution in [0.1, 0.15) is 24.9 Å². The van der Waals surface area contributed by atoms with Crippen LogP contribution in [-0.4, -0.2) is 24.7 Å². The summed E-state index contributed by atoms with van der Waals surface area (Å²) in [5.41, 5.74) is 1.33. The van der Waals surface area contributed by atoms with E-state index in [-0.39, 0.29) is 5.91 Å². The van der Waals surface area contributed by atoms with E-state index in [2.05, 4.69) is 34.9 Å². The predicted octanol–water partition coefficient (Wildman–Crippen LogP) is 1.95. The van der Waals surface area contributed by atoms with Crippen LogP contribution in [0.3, 0.4) is 0 Å². The third-order valence-corrected chi connectivity index (χ3v) is 3.96. The van der Waals surface area contributed by atoms with Gasteiger partial charge >= 0.3 is 0 Å².